The Bertz CT molecular complexity index is 610. The summed E-state index contributed by atoms with van der Waals surface area (Å²) in [6.07, 6.45) is 2.67. The second-order valence-corrected chi connectivity index (χ2v) is 6.77. The van der Waals surface area contributed by atoms with Crippen LogP contribution < -0.4 is 0 Å². The van der Waals surface area contributed by atoms with Crippen LogP contribution in [0.1, 0.15) is 46.1 Å². The van der Waals surface area contributed by atoms with Crippen LogP contribution in [0, 0.1) is 10.8 Å². The van der Waals surface area contributed by atoms with E-state index in [1.165, 1.54) is 0 Å². The lowest BCUT2D eigenvalue weighted by atomic mass is 9.62. The van der Waals surface area contributed by atoms with Gasteiger partial charge in [0.1, 0.15) is 0 Å². The highest BCUT2D eigenvalue weighted by molar-refractivity contribution is 6.01. The number of hydrogen-bond donors (Lipinski definition) is 0. The molecule has 1 aromatic rings. The Labute approximate surface area is 143 Å². The lowest BCUT2D eigenvalue weighted by molar-refractivity contribution is -0.174. The van der Waals surface area contributed by atoms with Gasteiger partial charge < -0.3 is 9.47 Å². The van der Waals surface area contributed by atoms with Crippen molar-refractivity contribution < 1.29 is 19.1 Å². The van der Waals surface area contributed by atoms with Crippen molar-refractivity contribution >= 4 is 17.5 Å². The Morgan fingerprint density at radius 3 is 2.00 bits per heavy atom. The summed E-state index contributed by atoms with van der Waals surface area (Å²) in [5.74, 6) is -0.972. The Morgan fingerprint density at radius 2 is 1.54 bits per heavy atom. The molecule has 0 atom stereocenters. The predicted octanol–water partition coefficient (Wildman–Crippen LogP) is 4.00. The van der Waals surface area contributed by atoms with Crippen LogP contribution in [0.15, 0.2) is 36.4 Å². The van der Waals surface area contributed by atoms with E-state index < -0.39 is 17.4 Å². The summed E-state index contributed by atoms with van der Waals surface area (Å²) in [7, 11) is 0. The molecule has 1 aliphatic rings. The van der Waals surface area contributed by atoms with E-state index in [2.05, 4.69) is 26.0 Å². The van der Waals surface area contributed by atoms with Crippen molar-refractivity contribution in [2.75, 3.05) is 13.2 Å². The van der Waals surface area contributed by atoms with Gasteiger partial charge in [-0.3, -0.25) is 9.59 Å². The maximum absolute atomic E-state index is 12.6. The first-order valence-electron chi connectivity index (χ1n) is 8.48. The van der Waals surface area contributed by atoms with Crippen LogP contribution in [0.4, 0.5) is 0 Å². The molecule has 0 aliphatic heterocycles. The lowest BCUT2D eigenvalue weighted by Crippen LogP contribution is -2.47. The van der Waals surface area contributed by atoms with Crippen LogP contribution in [0.3, 0.4) is 0 Å². The largest absolute Gasteiger partial charge is 0.465 e. The standard InChI is InChI=1S/C20H26O4/c1-5-23-17(21)20(18(22)24-6-2)13-12-16(19(3,4)14-20)15-10-8-7-9-11-15/h7-12H,5-6,13-14H2,1-4H3. The normalized spacial score (nSPS) is 18.4. The monoisotopic (exact) mass is 330 g/mol. The molecule has 24 heavy (non-hydrogen) atoms. The molecular weight excluding hydrogens is 304 g/mol. The Morgan fingerprint density at radius 1 is 1.00 bits per heavy atom. The molecule has 0 unspecified atom stereocenters. The van der Waals surface area contributed by atoms with E-state index in [4.69, 9.17) is 9.47 Å². The Balaban J connectivity index is 2.45. The summed E-state index contributed by atoms with van der Waals surface area (Å²) in [5, 5.41) is 0. The topological polar surface area (TPSA) is 52.6 Å². The Hall–Kier alpha value is -2.10. The first kappa shape index (κ1) is 18.2. The van der Waals surface area contributed by atoms with Gasteiger partial charge in [0.2, 0.25) is 0 Å². The molecule has 0 bridgehead atoms. The number of carbonyl (C=O) groups excluding carboxylic acids is 2. The SMILES string of the molecule is CCOC(=O)C1(C(=O)OCC)CC=C(c2ccccc2)C(C)(C)C1. The molecule has 2 rings (SSSR count). The second kappa shape index (κ2) is 7.20. The highest BCUT2D eigenvalue weighted by Crippen LogP contribution is 2.51. The summed E-state index contributed by atoms with van der Waals surface area (Å²) in [6.45, 7) is 8.09. The van der Waals surface area contributed by atoms with Crippen molar-refractivity contribution in [1.82, 2.24) is 0 Å². The molecule has 4 nitrogen and oxygen atoms in total. The van der Waals surface area contributed by atoms with E-state index in [0.29, 0.717) is 12.8 Å². The van der Waals surface area contributed by atoms with E-state index in [1.54, 1.807) is 13.8 Å². The van der Waals surface area contributed by atoms with Crippen LogP contribution in [0.25, 0.3) is 5.57 Å². The number of rotatable bonds is 5. The van der Waals surface area contributed by atoms with Crippen molar-refractivity contribution in [3.63, 3.8) is 0 Å². The molecule has 0 N–H and O–H groups in total. The fourth-order valence-electron chi connectivity index (χ4n) is 3.53. The molecule has 0 aromatic heterocycles. The van der Waals surface area contributed by atoms with Gasteiger partial charge in [0, 0.05) is 0 Å². The molecule has 1 aromatic carbocycles. The van der Waals surface area contributed by atoms with Gasteiger partial charge in [0.05, 0.1) is 13.2 Å². The van der Waals surface area contributed by atoms with Gasteiger partial charge in [0.15, 0.2) is 5.41 Å². The average molecular weight is 330 g/mol. The van der Waals surface area contributed by atoms with E-state index in [-0.39, 0.29) is 18.6 Å². The molecule has 0 fully saturated rings. The van der Waals surface area contributed by atoms with E-state index in [1.807, 2.05) is 24.3 Å². The number of ether oxygens (including phenoxy) is 2. The van der Waals surface area contributed by atoms with E-state index >= 15 is 0 Å². The second-order valence-electron chi connectivity index (χ2n) is 6.77. The molecular formula is C20H26O4. The van der Waals surface area contributed by atoms with Crippen LogP contribution in [0.5, 0.6) is 0 Å². The number of carbonyl (C=O) groups is 2. The van der Waals surface area contributed by atoms with Crippen molar-refractivity contribution in [1.29, 1.82) is 0 Å². The van der Waals surface area contributed by atoms with Crippen molar-refractivity contribution in [2.24, 2.45) is 10.8 Å². The number of benzene rings is 1. The third kappa shape index (κ3) is 3.37. The summed E-state index contributed by atoms with van der Waals surface area (Å²) in [5.41, 5.74) is 0.656. The molecule has 0 amide bonds. The Kier molecular flexibility index (Phi) is 5.47. The highest BCUT2D eigenvalue weighted by atomic mass is 16.6. The van der Waals surface area contributed by atoms with Crippen LogP contribution in [0.2, 0.25) is 0 Å². The molecule has 0 spiro atoms. The van der Waals surface area contributed by atoms with E-state index in [0.717, 1.165) is 11.1 Å². The first-order valence-corrected chi connectivity index (χ1v) is 8.48. The minimum absolute atomic E-state index is 0.246. The highest BCUT2D eigenvalue weighted by Gasteiger charge is 2.54. The fraction of sp³-hybridized carbons (Fsp3) is 0.500. The fourth-order valence-corrected chi connectivity index (χ4v) is 3.53. The summed E-state index contributed by atoms with van der Waals surface area (Å²) in [6, 6.07) is 10.1. The van der Waals surface area contributed by atoms with Crippen molar-refractivity contribution in [2.45, 2.75) is 40.5 Å². The minimum Gasteiger partial charge on any atom is -0.465 e. The summed E-state index contributed by atoms with van der Waals surface area (Å²) < 4.78 is 10.4. The predicted molar refractivity (Wildman–Crippen MR) is 93.1 cm³/mol. The van der Waals surface area contributed by atoms with Crippen molar-refractivity contribution in [3.05, 3.63) is 42.0 Å². The van der Waals surface area contributed by atoms with Gasteiger partial charge in [-0.2, -0.15) is 0 Å². The van der Waals surface area contributed by atoms with Gasteiger partial charge in [0.25, 0.3) is 0 Å². The molecule has 0 radical (unpaired) electrons. The molecule has 0 heterocycles. The number of hydrogen-bond acceptors (Lipinski definition) is 4. The van der Waals surface area contributed by atoms with Crippen LogP contribution in [-0.2, 0) is 19.1 Å². The van der Waals surface area contributed by atoms with Crippen LogP contribution >= 0.6 is 0 Å². The molecule has 4 heteroatoms. The van der Waals surface area contributed by atoms with Gasteiger partial charge >= 0.3 is 11.9 Å². The zero-order chi connectivity index (χ0) is 17.8. The number of allylic oxidation sites excluding steroid dienone is 2. The van der Waals surface area contributed by atoms with Crippen molar-refractivity contribution in [3.8, 4) is 0 Å². The lowest BCUT2D eigenvalue weighted by Gasteiger charge is -2.41. The quantitative estimate of drug-likeness (QED) is 0.605. The smallest absolute Gasteiger partial charge is 0.323 e. The van der Waals surface area contributed by atoms with Gasteiger partial charge in [-0.15, -0.1) is 0 Å². The van der Waals surface area contributed by atoms with Crippen LogP contribution in [-0.4, -0.2) is 25.2 Å². The van der Waals surface area contributed by atoms with E-state index in [9.17, 15) is 9.59 Å². The number of esters is 2. The summed E-state index contributed by atoms with van der Waals surface area (Å²) >= 11 is 0. The zero-order valence-electron chi connectivity index (χ0n) is 14.9. The van der Waals surface area contributed by atoms with Gasteiger partial charge in [-0.25, -0.2) is 0 Å². The van der Waals surface area contributed by atoms with Gasteiger partial charge in [-0.1, -0.05) is 50.3 Å². The third-order valence-corrected chi connectivity index (χ3v) is 4.54. The zero-order valence-corrected chi connectivity index (χ0v) is 14.9. The average Bonchev–Trinajstić information content (AvgIpc) is 2.55. The maximum atomic E-state index is 12.6. The molecule has 0 saturated heterocycles. The summed E-state index contributed by atoms with van der Waals surface area (Å²) in [4.78, 5) is 25.2. The molecule has 1 aliphatic carbocycles. The first-order chi connectivity index (χ1) is 11.4. The molecule has 130 valence electrons. The third-order valence-electron chi connectivity index (χ3n) is 4.54. The maximum Gasteiger partial charge on any atom is 0.323 e. The van der Waals surface area contributed by atoms with Gasteiger partial charge in [-0.05, 0) is 43.2 Å². The molecule has 0 saturated carbocycles. The minimum atomic E-state index is -1.26.